The molecule has 3 rings (SSSR count). The van der Waals surface area contributed by atoms with Crippen molar-refractivity contribution in [2.24, 2.45) is 0 Å². The molecule has 1 aliphatic heterocycles. The number of likely N-dealkylation sites (N-methyl/N-ethyl adjacent to an activating group) is 1. The molecule has 146 valence electrons. The van der Waals surface area contributed by atoms with Crippen LogP contribution < -0.4 is 0 Å². The first kappa shape index (κ1) is 19.8. The van der Waals surface area contributed by atoms with Gasteiger partial charge in [0.15, 0.2) is 0 Å². The molecule has 1 aliphatic rings. The van der Waals surface area contributed by atoms with Crippen molar-refractivity contribution >= 4 is 11.8 Å². The van der Waals surface area contributed by atoms with Gasteiger partial charge in [-0.25, -0.2) is 0 Å². The Morgan fingerprint density at radius 2 is 1.46 bits per heavy atom. The van der Waals surface area contributed by atoms with E-state index in [1.807, 2.05) is 17.0 Å². The van der Waals surface area contributed by atoms with Crippen LogP contribution in [-0.2, 0) is 9.59 Å². The molecule has 5 nitrogen and oxygen atoms in total. The molecule has 1 heterocycles. The number of hydrogen-bond acceptors (Lipinski definition) is 3. The van der Waals surface area contributed by atoms with E-state index in [4.69, 9.17) is 0 Å². The lowest BCUT2D eigenvalue weighted by Crippen LogP contribution is -2.52. The van der Waals surface area contributed by atoms with Crippen molar-refractivity contribution in [1.82, 2.24) is 14.7 Å². The van der Waals surface area contributed by atoms with Crippen molar-refractivity contribution in [3.8, 4) is 0 Å². The third-order valence-corrected chi connectivity index (χ3v) is 5.19. The van der Waals surface area contributed by atoms with Crippen LogP contribution in [0.25, 0.3) is 0 Å². The summed E-state index contributed by atoms with van der Waals surface area (Å²) in [6.45, 7) is 6.45. The smallest absolute Gasteiger partial charge is 0.246 e. The SMILES string of the molecule is C=CC(=O)N(C)CC(=O)N1CCN(C(c2ccccc2)c2ccccc2)CC1. The Balaban J connectivity index is 1.68. The lowest BCUT2D eigenvalue weighted by Gasteiger charge is -2.40. The molecule has 0 aliphatic carbocycles. The van der Waals surface area contributed by atoms with Gasteiger partial charge >= 0.3 is 0 Å². The number of nitrogens with zero attached hydrogens (tertiary/aromatic N) is 3. The molecular weight excluding hydrogens is 350 g/mol. The van der Waals surface area contributed by atoms with E-state index in [0.717, 1.165) is 13.1 Å². The number of rotatable bonds is 6. The van der Waals surface area contributed by atoms with E-state index in [2.05, 4.69) is 60.0 Å². The molecule has 0 unspecified atom stereocenters. The van der Waals surface area contributed by atoms with E-state index < -0.39 is 0 Å². The molecule has 2 amide bonds. The van der Waals surface area contributed by atoms with Gasteiger partial charge in [0.05, 0.1) is 12.6 Å². The van der Waals surface area contributed by atoms with Gasteiger partial charge in [-0.2, -0.15) is 0 Å². The standard InChI is InChI=1S/C23H27N3O2/c1-3-21(27)24(2)18-22(28)25-14-16-26(17-15-25)23(19-10-6-4-7-11-19)20-12-8-5-9-13-20/h3-13,23H,1,14-18H2,2H3. The molecule has 1 saturated heterocycles. The highest BCUT2D eigenvalue weighted by atomic mass is 16.2. The first-order chi connectivity index (χ1) is 13.6. The average molecular weight is 377 g/mol. The zero-order valence-corrected chi connectivity index (χ0v) is 16.3. The van der Waals surface area contributed by atoms with E-state index in [-0.39, 0.29) is 24.4 Å². The number of piperazine rings is 1. The molecule has 28 heavy (non-hydrogen) atoms. The molecule has 0 radical (unpaired) electrons. The van der Waals surface area contributed by atoms with Gasteiger partial charge in [-0.15, -0.1) is 0 Å². The Labute approximate surface area is 166 Å². The summed E-state index contributed by atoms with van der Waals surface area (Å²) in [5, 5.41) is 0. The van der Waals surface area contributed by atoms with Gasteiger partial charge in [-0.3, -0.25) is 14.5 Å². The van der Waals surface area contributed by atoms with Crippen LogP contribution >= 0.6 is 0 Å². The average Bonchev–Trinajstić information content (AvgIpc) is 2.75. The fraction of sp³-hybridized carbons (Fsp3) is 0.304. The maximum atomic E-state index is 12.5. The number of benzene rings is 2. The first-order valence-corrected chi connectivity index (χ1v) is 9.59. The van der Waals surface area contributed by atoms with Gasteiger partial charge in [-0.05, 0) is 17.2 Å². The zero-order chi connectivity index (χ0) is 19.9. The van der Waals surface area contributed by atoms with Crippen molar-refractivity contribution in [2.45, 2.75) is 6.04 Å². The third-order valence-electron chi connectivity index (χ3n) is 5.19. The van der Waals surface area contributed by atoms with E-state index in [1.165, 1.54) is 22.1 Å². The Morgan fingerprint density at radius 3 is 1.93 bits per heavy atom. The molecule has 2 aromatic carbocycles. The molecule has 2 aromatic rings. The molecule has 0 spiro atoms. The van der Waals surface area contributed by atoms with Crippen LogP contribution in [0.15, 0.2) is 73.3 Å². The third kappa shape index (κ3) is 4.67. The van der Waals surface area contributed by atoms with E-state index in [9.17, 15) is 9.59 Å². The van der Waals surface area contributed by atoms with Gasteiger partial charge in [-0.1, -0.05) is 67.2 Å². The highest BCUT2D eigenvalue weighted by Gasteiger charge is 2.28. The van der Waals surface area contributed by atoms with Crippen molar-refractivity contribution in [1.29, 1.82) is 0 Å². The van der Waals surface area contributed by atoms with Gasteiger partial charge < -0.3 is 9.80 Å². The number of amides is 2. The second-order valence-corrected chi connectivity index (χ2v) is 7.04. The van der Waals surface area contributed by atoms with Gasteiger partial charge in [0, 0.05) is 33.2 Å². The Morgan fingerprint density at radius 1 is 0.964 bits per heavy atom. The highest BCUT2D eigenvalue weighted by Crippen LogP contribution is 2.29. The van der Waals surface area contributed by atoms with Gasteiger partial charge in [0.25, 0.3) is 0 Å². The highest BCUT2D eigenvalue weighted by molar-refractivity contribution is 5.90. The molecule has 5 heteroatoms. The summed E-state index contributed by atoms with van der Waals surface area (Å²) in [4.78, 5) is 29.8. The maximum absolute atomic E-state index is 12.5. The summed E-state index contributed by atoms with van der Waals surface area (Å²) < 4.78 is 0. The first-order valence-electron chi connectivity index (χ1n) is 9.59. The molecule has 1 fully saturated rings. The zero-order valence-electron chi connectivity index (χ0n) is 16.3. The fourth-order valence-corrected chi connectivity index (χ4v) is 3.65. The van der Waals surface area contributed by atoms with Crippen molar-refractivity contribution < 1.29 is 9.59 Å². The van der Waals surface area contributed by atoms with Crippen LogP contribution in [0.3, 0.4) is 0 Å². The molecule has 0 aromatic heterocycles. The molecule has 0 N–H and O–H groups in total. The summed E-state index contributed by atoms with van der Waals surface area (Å²) >= 11 is 0. The lowest BCUT2D eigenvalue weighted by atomic mass is 9.96. The Kier molecular flexibility index (Phi) is 6.61. The molecular formula is C23H27N3O2. The summed E-state index contributed by atoms with van der Waals surface area (Å²) in [7, 11) is 1.62. The van der Waals surface area contributed by atoms with E-state index >= 15 is 0 Å². The van der Waals surface area contributed by atoms with Crippen molar-refractivity contribution in [3.05, 3.63) is 84.4 Å². The predicted octanol–water partition coefficient (Wildman–Crippen LogP) is 2.56. The molecule has 0 saturated carbocycles. The Hall–Kier alpha value is -2.92. The van der Waals surface area contributed by atoms with E-state index in [1.54, 1.807) is 7.05 Å². The predicted molar refractivity (Wildman–Crippen MR) is 111 cm³/mol. The number of hydrogen-bond donors (Lipinski definition) is 0. The van der Waals surface area contributed by atoms with Crippen LogP contribution in [0, 0.1) is 0 Å². The monoisotopic (exact) mass is 377 g/mol. The largest absolute Gasteiger partial charge is 0.339 e. The van der Waals surface area contributed by atoms with Crippen LogP contribution in [0.2, 0.25) is 0 Å². The minimum atomic E-state index is -0.236. The van der Waals surface area contributed by atoms with Crippen molar-refractivity contribution in [3.63, 3.8) is 0 Å². The van der Waals surface area contributed by atoms with Crippen LogP contribution in [0.1, 0.15) is 17.2 Å². The fourth-order valence-electron chi connectivity index (χ4n) is 3.65. The van der Waals surface area contributed by atoms with Crippen LogP contribution in [0.4, 0.5) is 0 Å². The van der Waals surface area contributed by atoms with E-state index in [0.29, 0.717) is 13.1 Å². The second-order valence-electron chi connectivity index (χ2n) is 7.04. The van der Waals surface area contributed by atoms with Gasteiger partial charge in [0.1, 0.15) is 0 Å². The summed E-state index contributed by atoms with van der Waals surface area (Å²) in [6, 6.07) is 21.1. The lowest BCUT2D eigenvalue weighted by molar-refractivity contribution is -0.138. The molecule has 0 atom stereocenters. The summed E-state index contributed by atoms with van der Waals surface area (Å²) in [5.41, 5.74) is 2.51. The summed E-state index contributed by atoms with van der Waals surface area (Å²) in [5.74, 6) is -0.256. The van der Waals surface area contributed by atoms with Crippen molar-refractivity contribution in [2.75, 3.05) is 39.8 Å². The molecule has 0 bridgehead atoms. The normalized spacial score (nSPS) is 14.7. The quantitative estimate of drug-likeness (QED) is 0.727. The number of carbonyl (C=O) groups excluding carboxylic acids is 2. The summed E-state index contributed by atoms with van der Waals surface area (Å²) in [6.07, 6.45) is 1.23. The second kappa shape index (κ2) is 9.33. The topological polar surface area (TPSA) is 43.9 Å². The van der Waals surface area contributed by atoms with Crippen LogP contribution in [0.5, 0.6) is 0 Å². The maximum Gasteiger partial charge on any atom is 0.246 e. The Bertz CT molecular complexity index is 760. The van der Waals surface area contributed by atoms with Gasteiger partial charge in [0.2, 0.25) is 11.8 Å². The minimum Gasteiger partial charge on any atom is -0.339 e. The number of carbonyl (C=O) groups is 2. The minimum absolute atomic E-state index is 0.0201. The van der Waals surface area contributed by atoms with Crippen LogP contribution in [-0.4, -0.2) is 66.3 Å².